The molecule has 1 aliphatic heterocycles. The van der Waals surface area contributed by atoms with Crippen LogP contribution in [0, 0.1) is 0 Å². The number of aliphatic hydroxyl groups is 1. The van der Waals surface area contributed by atoms with E-state index < -0.39 is 0 Å². The molecular formula is C16H23NO3. The van der Waals surface area contributed by atoms with Crippen LogP contribution in [-0.4, -0.2) is 36.2 Å². The summed E-state index contributed by atoms with van der Waals surface area (Å²) in [6.07, 6.45) is 4.08. The van der Waals surface area contributed by atoms with E-state index in [2.05, 4.69) is 0 Å². The Morgan fingerprint density at radius 1 is 1.35 bits per heavy atom. The third kappa shape index (κ3) is 3.51. The molecular weight excluding hydrogens is 254 g/mol. The van der Waals surface area contributed by atoms with Gasteiger partial charge < -0.3 is 14.7 Å². The van der Waals surface area contributed by atoms with E-state index >= 15 is 0 Å². The summed E-state index contributed by atoms with van der Waals surface area (Å²) in [5, 5.41) is 8.79. The number of hydrogen-bond acceptors (Lipinski definition) is 3. The largest absolute Gasteiger partial charge is 0.497 e. The highest BCUT2D eigenvalue weighted by Crippen LogP contribution is 2.33. The van der Waals surface area contributed by atoms with Gasteiger partial charge in [0.2, 0.25) is 5.91 Å². The normalized spacial score (nSPS) is 18.3. The number of ether oxygens (including phenoxy) is 1. The molecule has 4 nitrogen and oxygen atoms in total. The fourth-order valence-corrected chi connectivity index (χ4v) is 2.77. The molecule has 1 heterocycles. The number of unbranched alkanes of at least 4 members (excludes halogenated alkanes) is 1. The number of amides is 1. The minimum Gasteiger partial charge on any atom is -0.497 e. The van der Waals surface area contributed by atoms with Gasteiger partial charge in [-0.1, -0.05) is 12.1 Å². The molecule has 1 saturated heterocycles. The maximum Gasteiger partial charge on any atom is 0.223 e. The van der Waals surface area contributed by atoms with Crippen LogP contribution < -0.4 is 4.74 Å². The fraction of sp³-hybridized carbons (Fsp3) is 0.562. The zero-order valence-electron chi connectivity index (χ0n) is 12.0. The molecule has 1 aromatic carbocycles. The van der Waals surface area contributed by atoms with E-state index in [0.717, 1.165) is 31.6 Å². The van der Waals surface area contributed by atoms with Gasteiger partial charge in [0.1, 0.15) is 5.75 Å². The predicted molar refractivity (Wildman–Crippen MR) is 77.6 cm³/mol. The third-order valence-corrected chi connectivity index (χ3v) is 3.87. The lowest BCUT2D eigenvalue weighted by molar-refractivity contribution is -0.132. The zero-order valence-corrected chi connectivity index (χ0v) is 12.0. The van der Waals surface area contributed by atoms with Crippen molar-refractivity contribution in [3.05, 3.63) is 29.8 Å². The van der Waals surface area contributed by atoms with Crippen molar-refractivity contribution in [3.63, 3.8) is 0 Å². The van der Waals surface area contributed by atoms with Crippen molar-refractivity contribution in [2.45, 2.75) is 38.1 Å². The molecule has 1 unspecified atom stereocenters. The molecule has 1 atom stereocenters. The maximum absolute atomic E-state index is 12.2. The molecule has 0 aliphatic carbocycles. The first-order valence-electron chi connectivity index (χ1n) is 7.30. The van der Waals surface area contributed by atoms with E-state index in [1.807, 2.05) is 29.2 Å². The number of carbonyl (C=O) groups excluding carboxylic acids is 1. The van der Waals surface area contributed by atoms with Crippen molar-refractivity contribution in [1.29, 1.82) is 0 Å². The summed E-state index contributed by atoms with van der Waals surface area (Å²) in [6.45, 7) is 1.00. The monoisotopic (exact) mass is 277 g/mol. The van der Waals surface area contributed by atoms with Gasteiger partial charge in [0.15, 0.2) is 0 Å². The van der Waals surface area contributed by atoms with Crippen LogP contribution in [0.25, 0.3) is 0 Å². The SMILES string of the molecule is COc1ccc(C2CCCN2C(=O)CCCCO)cc1. The first-order chi connectivity index (χ1) is 9.76. The van der Waals surface area contributed by atoms with Crippen LogP contribution in [0.4, 0.5) is 0 Å². The Morgan fingerprint density at radius 2 is 2.10 bits per heavy atom. The van der Waals surface area contributed by atoms with Gasteiger partial charge in [-0.25, -0.2) is 0 Å². The van der Waals surface area contributed by atoms with Gasteiger partial charge in [-0.2, -0.15) is 0 Å². The van der Waals surface area contributed by atoms with Crippen LogP contribution in [0.3, 0.4) is 0 Å². The molecule has 0 radical (unpaired) electrons. The lowest BCUT2D eigenvalue weighted by Crippen LogP contribution is -2.30. The highest BCUT2D eigenvalue weighted by Gasteiger charge is 2.29. The summed E-state index contributed by atoms with van der Waals surface area (Å²) in [5.41, 5.74) is 1.18. The molecule has 4 heteroatoms. The molecule has 2 rings (SSSR count). The van der Waals surface area contributed by atoms with Crippen molar-refractivity contribution in [2.24, 2.45) is 0 Å². The molecule has 0 bridgehead atoms. The minimum atomic E-state index is 0.162. The van der Waals surface area contributed by atoms with Crippen LogP contribution in [0.2, 0.25) is 0 Å². The smallest absolute Gasteiger partial charge is 0.223 e. The summed E-state index contributed by atoms with van der Waals surface area (Å²) in [5.74, 6) is 1.05. The molecule has 1 amide bonds. The summed E-state index contributed by atoms with van der Waals surface area (Å²) in [4.78, 5) is 14.2. The summed E-state index contributed by atoms with van der Waals surface area (Å²) in [7, 11) is 1.65. The Morgan fingerprint density at radius 3 is 2.75 bits per heavy atom. The average Bonchev–Trinajstić information content (AvgIpc) is 2.97. The summed E-state index contributed by atoms with van der Waals surface area (Å²) in [6, 6.07) is 8.18. The lowest BCUT2D eigenvalue weighted by atomic mass is 10.0. The Labute approximate surface area is 120 Å². The number of hydrogen-bond donors (Lipinski definition) is 1. The number of rotatable bonds is 6. The van der Waals surface area contributed by atoms with Gasteiger partial charge in [-0.05, 0) is 43.4 Å². The molecule has 1 aliphatic rings. The Kier molecular flexibility index (Phi) is 5.41. The number of likely N-dealkylation sites (tertiary alicyclic amines) is 1. The van der Waals surface area contributed by atoms with Crippen LogP contribution in [0.15, 0.2) is 24.3 Å². The molecule has 1 aromatic rings. The van der Waals surface area contributed by atoms with Gasteiger partial charge in [0, 0.05) is 19.6 Å². The second kappa shape index (κ2) is 7.29. The number of methoxy groups -OCH3 is 1. The van der Waals surface area contributed by atoms with E-state index in [-0.39, 0.29) is 18.6 Å². The minimum absolute atomic E-state index is 0.162. The Hall–Kier alpha value is -1.55. The molecule has 1 fully saturated rings. The van der Waals surface area contributed by atoms with E-state index in [1.54, 1.807) is 7.11 Å². The number of aliphatic hydroxyl groups excluding tert-OH is 1. The molecule has 20 heavy (non-hydrogen) atoms. The fourth-order valence-electron chi connectivity index (χ4n) is 2.77. The van der Waals surface area contributed by atoms with Crippen molar-refractivity contribution in [1.82, 2.24) is 4.90 Å². The van der Waals surface area contributed by atoms with Crippen LogP contribution >= 0.6 is 0 Å². The predicted octanol–water partition coefficient (Wildman–Crippen LogP) is 2.52. The number of benzene rings is 1. The lowest BCUT2D eigenvalue weighted by Gasteiger charge is -2.25. The van der Waals surface area contributed by atoms with E-state index in [0.29, 0.717) is 12.8 Å². The molecule has 1 N–H and O–H groups in total. The van der Waals surface area contributed by atoms with Crippen molar-refractivity contribution in [2.75, 3.05) is 20.3 Å². The van der Waals surface area contributed by atoms with Gasteiger partial charge in [-0.15, -0.1) is 0 Å². The topological polar surface area (TPSA) is 49.8 Å². The van der Waals surface area contributed by atoms with Crippen molar-refractivity contribution >= 4 is 5.91 Å². The van der Waals surface area contributed by atoms with Crippen molar-refractivity contribution < 1.29 is 14.6 Å². The molecule has 0 saturated carbocycles. The Bertz CT molecular complexity index is 430. The first-order valence-corrected chi connectivity index (χ1v) is 7.30. The number of nitrogens with zero attached hydrogens (tertiary/aromatic N) is 1. The van der Waals surface area contributed by atoms with Gasteiger partial charge in [0.05, 0.1) is 13.2 Å². The quantitative estimate of drug-likeness (QED) is 0.813. The van der Waals surface area contributed by atoms with Gasteiger partial charge in [-0.3, -0.25) is 4.79 Å². The third-order valence-electron chi connectivity index (χ3n) is 3.87. The van der Waals surface area contributed by atoms with Crippen LogP contribution in [0.1, 0.15) is 43.7 Å². The number of carbonyl (C=O) groups is 1. The highest BCUT2D eigenvalue weighted by atomic mass is 16.5. The van der Waals surface area contributed by atoms with Crippen molar-refractivity contribution in [3.8, 4) is 5.75 Å². The van der Waals surface area contributed by atoms with Crippen LogP contribution in [-0.2, 0) is 4.79 Å². The molecule has 0 aromatic heterocycles. The molecule has 0 spiro atoms. The zero-order chi connectivity index (χ0) is 14.4. The van der Waals surface area contributed by atoms with Gasteiger partial charge >= 0.3 is 0 Å². The maximum atomic E-state index is 12.2. The summed E-state index contributed by atoms with van der Waals surface area (Å²) >= 11 is 0. The first kappa shape index (κ1) is 14.9. The summed E-state index contributed by atoms with van der Waals surface area (Å²) < 4.78 is 5.17. The standard InChI is InChI=1S/C16H23NO3/c1-20-14-9-7-13(8-10-14)15-5-4-11-17(15)16(19)6-2-3-12-18/h7-10,15,18H,2-6,11-12H2,1H3. The van der Waals surface area contributed by atoms with E-state index in [4.69, 9.17) is 9.84 Å². The average molecular weight is 277 g/mol. The van der Waals surface area contributed by atoms with E-state index in [1.165, 1.54) is 5.56 Å². The second-order valence-corrected chi connectivity index (χ2v) is 5.20. The van der Waals surface area contributed by atoms with Gasteiger partial charge in [0.25, 0.3) is 0 Å². The highest BCUT2D eigenvalue weighted by molar-refractivity contribution is 5.77. The molecule has 110 valence electrons. The van der Waals surface area contributed by atoms with E-state index in [9.17, 15) is 4.79 Å². The van der Waals surface area contributed by atoms with Crippen LogP contribution in [0.5, 0.6) is 5.75 Å². The second-order valence-electron chi connectivity index (χ2n) is 5.20. The Balaban J connectivity index is 2.00.